The van der Waals surface area contributed by atoms with Crippen LogP contribution in [0.1, 0.15) is 67.4 Å². The van der Waals surface area contributed by atoms with Gasteiger partial charge in [0.05, 0.1) is 17.0 Å². The lowest BCUT2D eigenvalue weighted by Crippen LogP contribution is -2.12. The summed E-state index contributed by atoms with van der Waals surface area (Å²) in [6.45, 7) is 4.26. The van der Waals surface area contributed by atoms with Crippen LogP contribution in [0.2, 0.25) is 0 Å². The monoisotopic (exact) mass is 477 g/mol. The van der Waals surface area contributed by atoms with Gasteiger partial charge in [-0.3, -0.25) is 0 Å². The number of halogens is 3. The highest BCUT2D eigenvalue weighted by Gasteiger charge is 2.31. The van der Waals surface area contributed by atoms with Crippen molar-refractivity contribution in [3.8, 4) is 0 Å². The summed E-state index contributed by atoms with van der Waals surface area (Å²) in [5, 5.41) is 19.7. The molecule has 1 atom stereocenters. The molecule has 0 radical (unpaired) electrons. The summed E-state index contributed by atoms with van der Waals surface area (Å²) >= 11 is 1.17. The van der Waals surface area contributed by atoms with E-state index in [1.54, 1.807) is 4.68 Å². The molecule has 0 fully saturated rings. The number of benzene rings is 1. The summed E-state index contributed by atoms with van der Waals surface area (Å²) in [4.78, 5) is 0.724. The maximum absolute atomic E-state index is 13.4. The van der Waals surface area contributed by atoms with Crippen LogP contribution in [-0.4, -0.2) is 30.5 Å². The minimum atomic E-state index is -4.47. The number of anilines is 1. The molecule has 1 aliphatic rings. The molecule has 12 heteroatoms. The number of allylic oxidation sites excluding steroid dienone is 2. The molecule has 8 nitrogen and oxygen atoms in total. The zero-order valence-electron chi connectivity index (χ0n) is 18.0. The summed E-state index contributed by atoms with van der Waals surface area (Å²) in [5.41, 5.74) is 1.31. The van der Waals surface area contributed by atoms with Crippen LogP contribution >= 0.6 is 11.9 Å². The standard InChI is InChI=1S/C21H22F3N7OS/c1-3-13(2)20-25-29-30-31(20)12-14-9-10-15(21(22,23)24)11-17(14)28-33-18-8-6-4-5-7-16-19(18)27-32-26-16/h5,7-11,13,28H,3-4,6,12H2,1-2H3/b7-5-,18-8+. The number of tetrazole rings is 1. The van der Waals surface area contributed by atoms with Gasteiger partial charge in [0.25, 0.3) is 0 Å². The lowest BCUT2D eigenvalue weighted by atomic mass is 10.1. The van der Waals surface area contributed by atoms with Crippen molar-refractivity contribution in [3.63, 3.8) is 0 Å². The van der Waals surface area contributed by atoms with Gasteiger partial charge in [-0.05, 0) is 75.7 Å². The number of hydrogen-bond acceptors (Lipinski definition) is 8. The molecule has 33 heavy (non-hydrogen) atoms. The predicted octanol–water partition coefficient (Wildman–Crippen LogP) is 5.54. The molecule has 0 spiro atoms. The van der Waals surface area contributed by atoms with Crippen LogP contribution in [0.15, 0.2) is 35.0 Å². The third-order valence-corrected chi connectivity index (χ3v) is 6.23. The number of hydrogen-bond donors (Lipinski definition) is 1. The highest BCUT2D eigenvalue weighted by molar-refractivity contribution is 8.09. The number of nitrogens with one attached hydrogen (secondary N) is 1. The molecule has 1 unspecified atom stereocenters. The second kappa shape index (κ2) is 9.77. The van der Waals surface area contributed by atoms with E-state index in [0.717, 1.165) is 36.3 Å². The van der Waals surface area contributed by atoms with E-state index in [1.807, 2.05) is 32.1 Å². The molecule has 0 bridgehead atoms. The molecule has 0 saturated carbocycles. The van der Waals surface area contributed by atoms with Gasteiger partial charge in [-0.2, -0.15) is 13.2 Å². The normalized spacial score (nSPS) is 17.4. The maximum atomic E-state index is 13.4. The minimum absolute atomic E-state index is 0.117. The average Bonchev–Trinajstić information content (AvgIpc) is 3.42. The molecular formula is C21H22F3N7OS. The van der Waals surface area contributed by atoms with Crippen molar-refractivity contribution < 1.29 is 17.8 Å². The quantitative estimate of drug-likeness (QED) is 0.443. The largest absolute Gasteiger partial charge is 0.416 e. The Kier molecular flexibility index (Phi) is 6.82. The van der Waals surface area contributed by atoms with Gasteiger partial charge in [0.2, 0.25) is 0 Å². The van der Waals surface area contributed by atoms with Crippen LogP contribution < -0.4 is 4.72 Å². The van der Waals surface area contributed by atoms with Crippen LogP contribution in [0, 0.1) is 0 Å². The summed E-state index contributed by atoms with van der Waals surface area (Å²) in [7, 11) is 0. The number of rotatable bonds is 7. The van der Waals surface area contributed by atoms with Gasteiger partial charge >= 0.3 is 6.18 Å². The number of aromatic nitrogens is 6. The van der Waals surface area contributed by atoms with Crippen molar-refractivity contribution in [1.82, 2.24) is 30.5 Å². The Morgan fingerprint density at radius 2 is 2.09 bits per heavy atom. The van der Waals surface area contributed by atoms with Gasteiger partial charge in [0.15, 0.2) is 5.82 Å². The fourth-order valence-corrected chi connectivity index (χ4v) is 4.13. The van der Waals surface area contributed by atoms with Crippen LogP contribution in [0.25, 0.3) is 11.0 Å². The first-order chi connectivity index (χ1) is 15.9. The first kappa shape index (κ1) is 23.0. The molecule has 0 saturated heterocycles. The van der Waals surface area contributed by atoms with Crippen molar-refractivity contribution >= 4 is 28.6 Å². The van der Waals surface area contributed by atoms with E-state index in [9.17, 15) is 13.2 Å². The third-order valence-electron chi connectivity index (χ3n) is 5.33. The van der Waals surface area contributed by atoms with Gasteiger partial charge in [0.1, 0.15) is 11.4 Å². The fraction of sp³-hybridized carbons (Fsp3) is 0.381. The zero-order chi connectivity index (χ0) is 23.4. The Hall–Kier alpha value is -3.15. The SMILES string of the molecule is CCC(C)c1nnnn1Cc1ccc(C(F)(F)F)cc1NS/C1=C/CC/C=C\c2nonc21. The van der Waals surface area contributed by atoms with Crippen molar-refractivity contribution in [3.05, 3.63) is 58.7 Å². The van der Waals surface area contributed by atoms with Crippen molar-refractivity contribution in [1.29, 1.82) is 0 Å². The van der Waals surface area contributed by atoms with Gasteiger partial charge in [-0.15, -0.1) is 5.10 Å². The molecule has 3 aromatic rings. The molecule has 4 rings (SSSR count). The van der Waals surface area contributed by atoms with Crippen LogP contribution in [0.3, 0.4) is 0 Å². The Morgan fingerprint density at radius 3 is 2.88 bits per heavy atom. The Labute approximate surface area is 192 Å². The topological polar surface area (TPSA) is 94.6 Å². The number of alkyl halides is 3. The lowest BCUT2D eigenvalue weighted by molar-refractivity contribution is -0.137. The van der Waals surface area contributed by atoms with E-state index in [1.165, 1.54) is 18.0 Å². The van der Waals surface area contributed by atoms with E-state index in [0.29, 0.717) is 28.5 Å². The van der Waals surface area contributed by atoms with E-state index in [2.05, 4.69) is 30.6 Å². The molecular weight excluding hydrogens is 455 g/mol. The highest BCUT2D eigenvalue weighted by atomic mass is 32.2. The molecule has 1 aromatic carbocycles. The van der Waals surface area contributed by atoms with Gasteiger partial charge < -0.3 is 4.72 Å². The molecule has 1 N–H and O–H groups in total. The molecule has 174 valence electrons. The lowest BCUT2D eigenvalue weighted by Gasteiger charge is -2.17. The highest BCUT2D eigenvalue weighted by Crippen LogP contribution is 2.36. The van der Waals surface area contributed by atoms with Crippen molar-refractivity contribution in [2.45, 2.75) is 51.7 Å². The molecule has 0 aliphatic heterocycles. The van der Waals surface area contributed by atoms with E-state index >= 15 is 0 Å². The summed E-state index contributed by atoms with van der Waals surface area (Å²) < 4.78 is 49.8. The molecule has 2 heterocycles. The molecule has 1 aliphatic carbocycles. The Morgan fingerprint density at radius 1 is 1.24 bits per heavy atom. The fourth-order valence-electron chi connectivity index (χ4n) is 3.28. The Bertz CT molecular complexity index is 1170. The molecule has 2 aromatic heterocycles. The average molecular weight is 478 g/mol. The zero-order valence-corrected chi connectivity index (χ0v) is 18.8. The van der Waals surface area contributed by atoms with Gasteiger partial charge in [-0.1, -0.05) is 32.1 Å². The second-order valence-electron chi connectivity index (χ2n) is 7.62. The third kappa shape index (κ3) is 5.27. The van der Waals surface area contributed by atoms with Crippen LogP contribution in [-0.2, 0) is 12.7 Å². The molecule has 0 amide bonds. The van der Waals surface area contributed by atoms with E-state index in [4.69, 9.17) is 4.63 Å². The number of fused-ring (bicyclic) bond motifs is 1. The van der Waals surface area contributed by atoms with E-state index < -0.39 is 11.7 Å². The van der Waals surface area contributed by atoms with Crippen LogP contribution in [0.5, 0.6) is 0 Å². The van der Waals surface area contributed by atoms with Crippen molar-refractivity contribution in [2.75, 3.05) is 4.72 Å². The number of nitrogens with zero attached hydrogens (tertiary/aromatic N) is 6. The predicted molar refractivity (Wildman–Crippen MR) is 119 cm³/mol. The maximum Gasteiger partial charge on any atom is 0.416 e. The first-order valence-electron chi connectivity index (χ1n) is 10.5. The summed E-state index contributed by atoms with van der Waals surface area (Å²) in [6, 6.07) is 3.62. The second-order valence-corrected chi connectivity index (χ2v) is 8.47. The van der Waals surface area contributed by atoms with E-state index in [-0.39, 0.29) is 12.5 Å². The first-order valence-corrected chi connectivity index (χ1v) is 11.3. The smallest absolute Gasteiger partial charge is 0.325 e. The van der Waals surface area contributed by atoms with Crippen LogP contribution in [0.4, 0.5) is 18.9 Å². The summed E-state index contributed by atoms with van der Waals surface area (Å²) in [5.74, 6) is 0.801. The van der Waals surface area contributed by atoms with Gasteiger partial charge in [-0.25, -0.2) is 9.31 Å². The summed E-state index contributed by atoms with van der Waals surface area (Å²) in [6.07, 6.45) is 3.69. The van der Waals surface area contributed by atoms with Crippen molar-refractivity contribution in [2.24, 2.45) is 0 Å². The van der Waals surface area contributed by atoms with Gasteiger partial charge in [0, 0.05) is 11.6 Å². The minimum Gasteiger partial charge on any atom is -0.325 e. The Balaban J connectivity index is 1.64.